The Morgan fingerprint density at radius 1 is 1.30 bits per heavy atom. The highest BCUT2D eigenvalue weighted by atomic mass is 16.5. The van der Waals surface area contributed by atoms with Crippen molar-refractivity contribution in [1.82, 2.24) is 9.78 Å². The highest BCUT2D eigenvalue weighted by Gasteiger charge is 2.16. The zero-order valence-corrected chi connectivity index (χ0v) is 11.6. The second-order valence-electron chi connectivity index (χ2n) is 4.24. The summed E-state index contributed by atoms with van der Waals surface area (Å²) in [4.78, 5) is 10.8. The number of carboxylic acids is 1. The summed E-state index contributed by atoms with van der Waals surface area (Å²) in [7, 11) is 3.14. The van der Waals surface area contributed by atoms with E-state index in [1.54, 1.807) is 26.5 Å². The largest absolute Gasteiger partial charge is 0.493 e. The van der Waals surface area contributed by atoms with Gasteiger partial charge in [-0.3, -0.25) is 9.48 Å². The minimum absolute atomic E-state index is 0.169. The number of ether oxygens (including phenoxy) is 2. The molecule has 0 amide bonds. The Balaban J connectivity index is 2.52. The summed E-state index contributed by atoms with van der Waals surface area (Å²) in [6.07, 6.45) is 1.63. The lowest BCUT2D eigenvalue weighted by molar-refractivity contribution is -0.137. The highest BCUT2D eigenvalue weighted by molar-refractivity contribution is 5.75. The van der Waals surface area contributed by atoms with Gasteiger partial charge in [-0.2, -0.15) is 5.10 Å². The van der Waals surface area contributed by atoms with Crippen molar-refractivity contribution < 1.29 is 19.4 Å². The second-order valence-corrected chi connectivity index (χ2v) is 4.24. The first kappa shape index (κ1) is 13.9. The molecule has 1 heterocycles. The summed E-state index contributed by atoms with van der Waals surface area (Å²) in [6, 6.07) is 5.54. The van der Waals surface area contributed by atoms with E-state index in [0.717, 1.165) is 16.8 Å². The quantitative estimate of drug-likeness (QED) is 0.903. The maximum atomic E-state index is 10.8. The van der Waals surface area contributed by atoms with Gasteiger partial charge < -0.3 is 14.6 Å². The minimum atomic E-state index is -0.930. The molecule has 0 aliphatic carbocycles. The third-order valence-electron chi connectivity index (χ3n) is 3.08. The van der Waals surface area contributed by atoms with Crippen LogP contribution in [-0.4, -0.2) is 35.1 Å². The number of hydrogen-bond donors (Lipinski definition) is 1. The fourth-order valence-electron chi connectivity index (χ4n) is 2.10. The first-order chi connectivity index (χ1) is 9.58. The van der Waals surface area contributed by atoms with Gasteiger partial charge in [0.2, 0.25) is 0 Å². The number of para-hydroxylation sites is 1. The van der Waals surface area contributed by atoms with Crippen LogP contribution in [0.25, 0.3) is 11.1 Å². The molecule has 6 nitrogen and oxygen atoms in total. The van der Waals surface area contributed by atoms with E-state index in [1.807, 2.05) is 19.1 Å². The summed E-state index contributed by atoms with van der Waals surface area (Å²) in [5.74, 6) is 0.295. The smallest absolute Gasteiger partial charge is 0.325 e. The van der Waals surface area contributed by atoms with E-state index in [0.29, 0.717) is 11.5 Å². The van der Waals surface area contributed by atoms with Crippen molar-refractivity contribution in [1.29, 1.82) is 0 Å². The topological polar surface area (TPSA) is 73.6 Å². The number of carboxylic acid groups (broad SMARTS) is 1. The first-order valence-electron chi connectivity index (χ1n) is 6.04. The van der Waals surface area contributed by atoms with Gasteiger partial charge in [-0.15, -0.1) is 0 Å². The van der Waals surface area contributed by atoms with E-state index < -0.39 is 5.97 Å². The van der Waals surface area contributed by atoms with Crippen LogP contribution in [0.5, 0.6) is 11.5 Å². The lowest BCUT2D eigenvalue weighted by Gasteiger charge is -2.12. The zero-order chi connectivity index (χ0) is 14.7. The Morgan fingerprint density at radius 2 is 2.05 bits per heavy atom. The molecule has 0 fully saturated rings. The van der Waals surface area contributed by atoms with Gasteiger partial charge in [-0.1, -0.05) is 12.1 Å². The van der Waals surface area contributed by atoms with Crippen molar-refractivity contribution in [3.8, 4) is 22.6 Å². The van der Waals surface area contributed by atoms with Crippen LogP contribution in [0.4, 0.5) is 0 Å². The summed E-state index contributed by atoms with van der Waals surface area (Å²) in [5, 5.41) is 13.0. The normalized spacial score (nSPS) is 10.3. The predicted molar refractivity (Wildman–Crippen MR) is 73.1 cm³/mol. The van der Waals surface area contributed by atoms with Crippen LogP contribution in [-0.2, 0) is 11.3 Å². The number of methoxy groups -OCH3 is 2. The molecule has 0 atom stereocenters. The fourth-order valence-corrected chi connectivity index (χ4v) is 2.10. The molecule has 2 rings (SSSR count). The van der Waals surface area contributed by atoms with Gasteiger partial charge in [0, 0.05) is 16.8 Å². The van der Waals surface area contributed by atoms with Crippen LogP contribution in [0.3, 0.4) is 0 Å². The van der Waals surface area contributed by atoms with E-state index in [1.165, 1.54) is 4.68 Å². The van der Waals surface area contributed by atoms with Gasteiger partial charge in [0.05, 0.1) is 20.4 Å². The molecule has 0 unspecified atom stereocenters. The molecule has 0 radical (unpaired) electrons. The number of benzene rings is 1. The van der Waals surface area contributed by atoms with Gasteiger partial charge in [0.1, 0.15) is 6.54 Å². The molecule has 0 spiro atoms. The summed E-state index contributed by atoms with van der Waals surface area (Å²) >= 11 is 0. The molecule has 0 bridgehead atoms. The molecule has 1 aromatic heterocycles. The van der Waals surface area contributed by atoms with Crippen molar-refractivity contribution in [3.63, 3.8) is 0 Å². The average Bonchev–Trinajstić information content (AvgIpc) is 2.78. The van der Waals surface area contributed by atoms with Crippen molar-refractivity contribution in [2.45, 2.75) is 13.5 Å². The van der Waals surface area contributed by atoms with Crippen LogP contribution in [0.15, 0.2) is 24.4 Å². The SMILES string of the molecule is COc1cccc(-c2cnn(CC(=O)O)c2C)c1OC. The molecular weight excluding hydrogens is 260 g/mol. The molecular formula is C14H16N2O4. The Labute approximate surface area is 116 Å². The Bertz CT molecular complexity index is 634. The molecule has 0 aliphatic rings. The van der Waals surface area contributed by atoms with Crippen LogP contribution in [0.2, 0.25) is 0 Å². The van der Waals surface area contributed by atoms with Crippen LogP contribution < -0.4 is 9.47 Å². The Morgan fingerprint density at radius 3 is 2.65 bits per heavy atom. The third kappa shape index (κ3) is 2.45. The number of carbonyl (C=O) groups is 1. The molecule has 20 heavy (non-hydrogen) atoms. The van der Waals surface area contributed by atoms with Crippen molar-refractivity contribution >= 4 is 5.97 Å². The lowest BCUT2D eigenvalue weighted by atomic mass is 10.1. The Kier molecular flexibility index (Phi) is 3.93. The standard InChI is InChI=1S/C14H16N2O4/c1-9-11(7-15-16(9)8-13(17)18)10-5-4-6-12(19-2)14(10)20-3/h4-7H,8H2,1-3H3,(H,17,18). The number of rotatable bonds is 5. The van der Waals surface area contributed by atoms with Crippen molar-refractivity contribution in [3.05, 3.63) is 30.1 Å². The summed E-state index contributed by atoms with van der Waals surface area (Å²) < 4.78 is 12.1. The third-order valence-corrected chi connectivity index (χ3v) is 3.08. The fraction of sp³-hybridized carbons (Fsp3) is 0.286. The van der Waals surface area contributed by atoms with Crippen LogP contribution in [0.1, 0.15) is 5.69 Å². The molecule has 1 N–H and O–H groups in total. The molecule has 0 aliphatic heterocycles. The van der Waals surface area contributed by atoms with Gasteiger partial charge in [0.25, 0.3) is 0 Å². The summed E-state index contributed by atoms with van der Waals surface area (Å²) in [5.41, 5.74) is 2.40. The second kappa shape index (κ2) is 5.64. The van der Waals surface area contributed by atoms with E-state index in [9.17, 15) is 4.79 Å². The van der Waals surface area contributed by atoms with Crippen molar-refractivity contribution in [2.24, 2.45) is 0 Å². The first-order valence-corrected chi connectivity index (χ1v) is 6.04. The van der Waals surface area contributed by atoms with Gasteiger partial charge in [-0.05, 0) is 13.0 Å². The number of aromatic nitrogens is 2. The number of aliphatic carboxylic acids is 1. The molecule has 0 saturated heterocycles. The maximum Gasteiger partial charge on any atom is 0.325 e. The molecule has 0 saturated carbocycles. The van der Waals surface area contributed by atoms with Gasteiger partial charge >= 0.3 is 5.97 Å². The molecule has 1 aromatic carbocycles. The lowest BCUT2D eigenvalue weighted by Crippen LogP contribution is -2.11. The number of hydrogen-bond acceptors (Lipinski definition) is 4. The van der Waals surface area contributed by atoms with E-state index in [-0.39, 0.29) is 6.54 Å². The van der Waals surface area contributed by atoms with E-state index in [4.69, 9.17) is 14.6 Å². The van der Waals surface area contributed by atoms with Gasteiger partial charge in [-0.25, -0.2) is 0 Å². The predicted octanol–water partition coefficient (Wildman–Crippen LogP) is 1.96. The summed E-state index contributed by atoms with van der Waals surface area (Å²) in [6.45, 7) is 1.66. The van der Waals surface area contributed by atoms with Crippen molar-refractivity contribution in [2.75, 3.05) is 14.2 Å². The molecule has 106 valence electrons. The minimum Gasteiger partial charge on any atom is -0.493 e. The van der Waals surface area contributed by atoms with Gasteiger partial charge in [0.15, 0.2) is 11.5 Å². The van der Waals surface area contributed by atoms with E-state index >= 15 is 0 Å². The monoisotopic (exact) mass is 276 g/mol. The molecule has 6 heteroatoms. The van der Waals surface area contributed by atoms with E-state index in [2.05, 4.69) is 5.10 Å². The average molecular weight is 276 g/mol. The molecule has 2 aromatic rings. The van der Waals surface area contributed by atoms with Crippen LogP contribution in [0, 0.1) is 6.92 Å². The maximum absolute atomic E-state index is 10.8. The zero-order valence-electron chi connectivity index (χ0n) is 11.6. The highest BCUT2D eigenvalue weighted by Crippen LogP contribution is 2.38. The number of nitrogens with zero attached hydrogens (tertiary/aromatic N) is 2. The Hall–Kier alpha value is -2.50. The van der Waals surface area contributed by atoms with Crippen LogP contribution >= 0.6 is 0 Å².